The summed E-state index contributed by atoms with van der Waals surface area (Å²) in [7, 11) is 0. The van der Waals surface area contributed by atoms with E-state index in [1.54, 1.807) is 0 Å². The molecular weight excluding hydrogens is 414 g/mol. The number of anilines is 1. The summed E-state index contributed by atoms with van der Waals surface area (Å²) in [5.74, 6) is 0.664. The zero-order chi connectivity index (χ0) is 22.8. The number of nitrogens with two attached hydrogens (primary N) is 1. The van der Waals surface area contributed by atoms with Crippen LogP contribution in [-0.4, -0.2) is 25.2 Å². The Morgan fingerprint density at radius 1 is 1.12 bits per heavy atom. The zero-order valence-corrected chi connectivity index (χ0v) is 18.6. The van der Waals surface area contributed by atoms with Gasteiger partial charge in [-0.05, 0) is 41.3 Å². The molecule has 0 bridgehead atoms. The minimum Gasteiger partial charge on any atom is -0.378 e. The summed E-state index contributed by atoms with van der Waals surface area (Å²) in [4.78, 5) is 17.3. The van der Waals surface area contributed by atoms with Crippen molar-refractivity contribution in [2.45, 2.75) is 39.6 Å². The number of rotatable bonds is 6. The molecule has 168 valence electrons. The standard InChI is InChI=1S/C25H27N7O/c1-17-8-9-29-32(17)14-20-6-7-21-15-31-16-23(30-24(31)13-27-22(21)10-20)25(33)28-12-19-4-2-18(11-26)3-5-19/h2-10,16,27H,11-15,26H2,1H3,(H,28,33). The summed E-state index contributed by atoms with van der Waals surface area (Å²) < 4.78 is 4.03. The van der Waals surface area contributed by atoms with E-state index in [0.717, 1.165) is 34.9 Å². The van der Waals surface area contributed by atoms with Crippen LogP contribution in [0.15, 0.2) is 60.9 Å². The van der Waals surface area contributed by atoms with Crippen LogP contribution in [0.2, 0.25) is 0 Å². The van der Waals surface area contributed by atoms with Crippen molar-refractivity contribution in [2.24, 2.45) is 5.73 Å². The number of carbonyl (C=O) groups excluding carboxylic acids is 1. The molecule has 0 spiro atoms. The lowest BCUT2D eigenvalue weighted by Gasteiger charge is -2.11. The van der Waals surface area contributed by atoms with E-state index >= 15 is 0 Å². The van der Waals surface area contributed by atoms with Gasteiger partial charge in [0.25, 0.3) is 5.91 Å². The topological polar surface area (TPSA) is 103 Å². The number of fused-ring (bicyclic) bond motifs is 2. The average molecular weight is 442 g/mol. The first-order chi connectivity index (χ1) is 16.1. The van der Waals surface area contributed by atoms with Gasteiger partial charge >= 0.3 is 0 Å². The molecule has 2 aromatic carbocycles. The third kappa shape index (κ3) is 4.51. The third-order valence-corrected chi connectivity index (χ3v) is 6.02. The van der Waals surface area contributed by atoms with Gasteiger partial charge in [0.2, 0.25) is 0 Å². The fourth-order valence-corrected chi connectivity index (χ4v) is 4.03. The van der Waals surface area contributed by atoms with Crippen LogP contribution in [0.25, 0.3) is 0 Å². The van der Waals surface area contributed by atoms with E-state index in [4.69, 9.17) is 5.73 Å². The maximum atomic E-state index is 12.7. The number of benzene rings is 2. The Balaban J connectivity index is 1.26. The van der Waals surface area contributed by atoms with Crippen molar-refractivity contribution in [1.82, 2.24) is 24.6 Å². The molecule has 0 aliphatic carbocycles. The van der Waals surface area contributed by atoms with Crippen molar-refractivity contribution in [2.75, 3.05) is 5.32 Å². The molecule has 8 nitrogen and oxygen atoms in total. The number of aryl methyl sites for hydroxylation is 1. The lowest BCUT2D eigenvalue weighted by Crippen LogP contribution is -2.23. The Kier molecular flexibility index (Phi) is 5.66. The molecule has 0 atom stereocenters. The molecule has 0 saturated heterocycles. The summed E-state index contributed by atoms with van der Waals surface area (Å²) >= 11 is 0. The number of carbonyl (C=O) groups is 1. The Morgan fingerprint density at radius 3 is 2.67 bits per heavy atom. The number of hydrogen-bond donors (Lipinski definition) is 3. The molecule has 1 amide bonds. The summed E-state index contributed by atoms with van der Waals surface area (Å²) in [6, 6.07) is 16.4. The van der Waals surface area contributed by atoms with Crippen molar-refractivity contribution in [3.63, 3.8) is 0 Å². The van der Waals surface area contributed by atoms with Crippen LogP contribution in [0.3, 0.4) is 0 Å². The van der Waals surface area contributed by atoms with Gasteiger partial charge in [-0.3, -0.25) is 9.48 Å². The largest absolute Gasteiger partial charge is 0.378 e. The van der Waals surface area contributed by atoms with Crippen LogP contribution < -0.4 is 16.4 Å². The second-order valence-corrected chi connectivity index (χ2v) is 8.35. The highest BCUT2D eigenvalue weighted by Crippen LogP contribution is 2.24. The molecule has 0 fully saturated rings. The lowest BCUT2D eigenvalue weighted by atomic mass is 10.1. The normalized spacial score (nSPS) is 12.4. The number of hydrogen-bond acceptors (Lipinski definition) is 5. The van der Waals surface area contributed by atoms with Gasteiger partial charge in [-0.2, -0.15) is 5.10 Å². The van der Waals surface area contributed by atoms with Crippen LogP contribution in [0.1, 0.15) is 44.3 Å². The Hall–Kier alpha value is -3.91. The molecule has 0 radical (unpaired) electrons. The van der Waals surface area contributed by atoms with Gasteiger partial charge in [0, 0.05) is 36.9 Å². The minimum absolute atomic E-state index is 0.177. The van der Waals surface area contributed by atoms with Gasteiger partial charge in [0.1, 0.15) is 11.5 Å². The highest BCUT2D eigenvalue weighted by Gasteiger charge is 2.18. The molecule has 2 aromatic heterocycles. The van der Waals surface area contributed by atoms with Crippen LogP contribution in [0.5, 0.6) is 0 Å². The maximum Gasteiger partial charge on any atom is 0.271 e. The zero-order valence-electron chi connectivity index (χ0n) is 18.6. The van der Waals surface area contributed by atoms with E-state index in [1.165, 1.54) is 11.1 Å². The highest BCUT2D eigenvalue weighted by atomic mass is 16.1. The Labute approximate surface area is 192 Å². The van der Waals surface area contributed by atoms with Crippen molar-refractivity contribution in [3.05, 3.63) is 100 Å². The van der Waals surface area contributed by atoms with E-state index in [1.807, 2.05) is 52.0 Å². The fraction of sp³-hybridized carbons (Fsp3) is 0.240. The van der Waals surface area contributed by atoms with E-state index in [-0.39, 0.29) is 5.91 Å². The first-order valence-electron chi connectivity index (χ1n) is 11.1. The van der Waals surface area contributed by atoms with E-state index in [0.29, 0.717) is 31.9 Å². The SMILES string of the molecule is Cc1ccnn1Cc1ccc2c(c1)NCc1nc(C(=O)NCc3ccc(CN)cc3)cn1C2. The number of imidazole rings is 1. The summed E-state index contributed by atoms with van der Waals surface area (Å²) in [5.41, 5.74) is 12.7. The van der Waals surface area contributed by atoms with Crippen molar-refractivity contribution < 1.29 is 4.79 Å². The first-order valence-corrected chi connectivity index (χ1v) is 11.1. The monoisotopic (exact) mass is 441 g/mol. The van der Waals surface area contributed by atoms with Crippen molar-refractivity contribution in [1.29, 1.82) is 0 Å². The third-order valence-electron chi connectivity index (χ3n) is 6.02. The number of aromatic nitrogens is 4. The predicted octanol–water partition coefficient (Wildman–Crippen LogP) is 2.80. The number of amides is 1. The fourth-order valence-electron chi connectivity index (χ4n) is 4.03. The molecule has 1 aliphatic rings. The number of nitrogens with one attached hydrogen (secondary N) is 2. The molecule has 4 N–H and O–H groups in total. The van der Waals surface area contributed by atoms with Crippen molar-refractivity contribution >= 4 is 11.6 Å². The molecule has 33 heavy (non-hydrogen) atoms. The molecule has 3 heterocycles. The summed E-state index contributed by atoms with van der Waals surface area (Å²) in [5, 5.41) is 10.8. The molecular formula is C25H27N7O. The van der Waals surface area contributed by atoms with Crippen LogP contribution >= 0.6 is 0 Å². The van der Waals surface area contributed by atoms with Gasteiger partial charge < -0.3 is 20.9 Å². The van der Waals surface area contributed by atoms with E-state index in [9.17, 15) is 4.79 Å². The van der Waals surface area contributed by atoms with Crippen LogP contribution in [-0.2, 0) is 32.7 Å². The maximum absolute atomic E-state index is 12.7. The predicted molar refractivity (Wildman–Crippen MR) is 127 cm³/mol. The van der Waals surface area contributed by atoms with Crippen molar-refractivity contribution in [3.8, 4) is 0 Å². The van der Waals surface area contributed by atoms with Gasteiger partial charge in [-0.1, -0.05) is 36.4 Å². The van der Waals surface area contributed by atoms with Crippen LogP contribution in [0.4, 0.5) is 5.69 Å². The molecule has 1 aliphatic heterocycles. The van der Waals surface area contributed by atoms with Gasteiger partial charge in [-0.25, -0.2) is 4.98 Å². The minimum atomic E-state index is -0.177. The summed E-state index contributed by atoms with van der Waals surface area (Å²) in [6.07, 6.45) is 3.65. The second-order valence-electron chi connectivity index (χ2n) is 8.35. The molecule has 0 unspecified atom stereocenters. The highest BCUT2D eigenvalue weighted by molar-refractivity contribution is 5.92. The van der Waals surface area contributed by atoms with E-state index in [2.05, 4.69) is 45.8 Å². The summed E-state index contributed by atoms with van der Waals surface area (Å²) in [6.45, 7) is 4.97. The quantitative estimate of drug-likeness (QED) is 0.427. The Morgan fingerprint density at radius 2 is 1.91 bits per heavy atom. The molecule has 8 heteroatoms. The number of nitrogens with zero attached hydrogens (tertiary/aromatic N) is 4. The smallest absolute Gasteiger partial charge is 0.271 e. The van der Waals surface area contributed by atoms with Crippen LogP contribution in [0, 0.1) is 6.92 Å². The second kappa shape index (κ2) is 8.91. The van der Waals surface area contributed by atoms with Gasteiger partial charge in [-0.15, -0.1) is 0 Å². The van der Waals surface area contributed by atoms with Gasteiger partial charge in [0.05, 0.1) is 19.6 Å². The lowest BCUT2D eigenvalue weighted by molar-refractivity contribution is 0.0946. The first kappa shape index (κ1) is 21.0. The van der Waals surface area contributed by atoms with E-state index < -0.39 is 0 Å². The average Bonchev–Trinajstić information content (AvgIpc) is 3.39. The Bertz CT molecular complexity index is 1290. The molecule has 0 saturated carbocycles. The molecule has 4 aromatic rings. The van der Waals surface area contributed by atoms with Gasteiger partial charge in [0.15, 0.2) is 0 Å². The molecule has 5 rings (SSSR count).